The second-order valence-corrected chi connectivity index (χ2v) is 6.59. The minimum absolute atomic E-state index is 0.0919. The van der Waals surface area contributed by atoms with Crippen molar-refractivity contribution in [2.75, 3.05) is 0 Å². The number of hydrogen-bond donors (Lipinski definition) is 1. The third-order valence-electron chi connectivity index (χ3n) is 3.84. The Morgan fingerprint density at radius 1 is 1.36 bits per heavy atom. The van der Waals surface area contributed by atoms with Crippen LogP contribution in [0.3, 0.4) is 0 Å². The molecule has 0 heterocycles. The molecule has 0 bridgehead atoms. The predicted octanol–water partition coefficient (Wildman–Crippen LogP) is 4.79. The summed E-state index contributed by atoms with van der Waals surface area (Å²) >= 11 is 11.3. The van der Waals surface area contributed by atoms with E-state index in [-0.39, 0.29) is 5.75 Å². The van der Waals surface area contributed by atoms with Crippen LogP contribution in [0.1, 0.15) is 13.8 Å². The molecule has 0 saturated heterocycles. The Labute approximate surface area is 136 Å². The maximum atomic E-state index is 14.0. The molecule has 0 amide bonds. The number of carboxylic acids is 1. The number of aliphatic carboxylic acids is 1. The van der Waals surface area contributed by atoms with Crippen LogP contribution in [0, 0.1) is 17.3 Å². The smallest absolute Gasteiger partial charge is 0.437 e. The van der Waals surface area contributed by atoms with E-state index in [2.05, 4.69) is 4.74 Å². The number of allylic oxidation sites excluding steroid dienone is 1. The average molecular weight is 351 g/mol. The standard InChI is InChI=1S/C15H14Cl2F2O3/c1-14(2)10(12(14)13(20)21)7-11(17)15(18,19)22-9-5-3-8(16)4-6-9/h3-7,10,12H,1-2H3,(H,20,21). The molecule has 7 heteroatoms. The number of rotatable bonds is 5. The largest absolute Gasteiger partial charge is 0.481 e. The molecule has 2 atom stereocenters. The molecule has 1 fully saturated rings. The number of halogens is 4. The van der Waals surface area contributed by atoms with Crippen LogP contribution in [0.4, 0.5) is 8.78 Å². The predicted molar refractivity (Wildman–Crippen MR) is 79.4 cm³/mol. The molecule has 0 radical (unpaired) electrons. The minimum Gasteiger partial charge on any atom is -0.481 e. The molecule has 0 spiro atoms. The Kier molecular flexibility index (Phi) is 4.42. The third kappa shape index (κ3) is 3.36. The van der Waals surface area contributed by atoms with E-state index in [9.17, 15) is 13.6 Å². The van der Waals surface area contributed by atoms with Gasteiger partial charge in [0.1, 0.15) is 10.8 Å². The van der Waals surface area contributed by atoms with Gasteiger partial charge in [0, 0.05) is 5.02 Å². The Balaban J connectivity index is 2.13. The highest BCUT2D eigenvalue weighted by molar-refractivity contribution is 6.30. The zero-order chi connectivity index (χ0) is 16.7. The highest BCUT2D eigenvalue weighted by Crippen LogP contribution is 2.60. The van der Waals surface area contributed by atoms with Crippen molar-refractivity contribution >= 4 is 29.2 Å². The van der Waals surface area contributed by atoms with Gasteiger partial charge in [-0.3, -0.25) is 4.79 Å². The van der Waals surface area contributed by atoms with E-state index in [0.29, 0.717) is 5.02 Å². The van der Waals surface area contributed by atoms with Gasteiger partial charge in [-0.1, -0.05) is 43.1 Å². The zero-order valence-corrected chi connectivity index (χ0v) is 13.3. The number of benzene rings is 1. The Morgan fingerprint density at radius 2 is 1.91 bits per heavy atom. The molecular weight excluding hydrogens is 337 g/mol. The van der Waals surface area contributed by atoms with Crippen LogP contribution in [0.15, 0.2) is 35.4 Å². The van der Waals surface area contributed by atoms with Crippen molar-refractivity contribution in [2.24, 2.45) is 17.3 Å². The van der Waals surface area contributed by atoms with Gasteiger partial charge in [-0.05, 0) is 35.6 Å². The zero-order valence-electron chi connectivity index (χ0n) is 11.8. The monoisotopic (exact) mass is 350 g/mol. The van der Waals surface area contributed by atoms with Crippen LogP contribution in [-0.2, 0) is 4.79 Å². The van der Waals surface area contributed by atoms with E-state index < -0.39 is 34.4 Å². The molecule has 1 aromatic rings. The molecule has 2 rings (SSSR count). The topological polar surface area (TPSA) is 46.5 Å². The number of carbonyl (C=O) groups is 1. The highest BCUT2D eigenvalue weighted by atomic mass is 35.5. The van der Waals surface area contributed by atoms with E-state index >= 15 is 0 Å². The molecule has 2 unspecified atom stereocenters. The lowest BCUT2D eigenvalue weighted by molar-refractivity contribution is -0.140. The van der Waals surface area contributed by atoms with E-state index in [4.69, 9.17) is 28.3 Å². The number of hydrogen-bond acceptors (Lipinski definition) is 2. The van der Waals surface area contributed by atoms with E-state index in [1.807, 2.05) is 0 Å². The van der Waals surface area contributed by atoms with Crippen LogP contribution < -0.4 is 4.74 Å². The van der Waals surface area contributed by atoms with Gasteiger partial charge in [-0.15, -0.1) is 0 Å². The molecule has 1 aliphatic rings. The normalized spacial score (nSPS) is 24.0. The van der Waals surface area contributed by atoms with Crippen LogP contribution >= 0.6 is 23.2 Å². The number of ether oxygens (including phenoxy) is 1. The molecule has 3 nitrogen and oxygen atoms in total. The summed E-state index contributed by atoms with van der Waals surface area (Å²) in [4.78, 5) is 11.0. The Hall–Kier alpha value is -1.33. The minimum atomic E-state index is -3.74. The second kappa shape index (κ2) is 5.70. The van der Waals surface area contributed by atoms with Crippen molar-refractivity contribution in [1.29, 1.82) is 0 Å². The summed E-state index contributed by atoms with van der Waals surface area (Å²) in [5.74, 6) is -2.41. The first-order valence-electron chi connectivity index (χ1n) is 6.48. The summed E-state index contributed by atoms with van der Waals surface area (Å²) in [7, 11) is 0. The molecular formula is C15H14Cl2F2O3. The summed E-state index contributed by atoms with van der Waals surface area (Å²) < 4.78 is 32.5. The maximum absolute atomic E-state index is 14.0. The molecule has 0 aliphatic heterocycles. The number of carboxylic acid groups (broad SMARTS) is 1. The first kappa shape index (κ1) is 17.0. The first-order chi connectivity index (χ1) is 10.1. The molecule has 1 saturated carbocycles. The van der Waals surface area contributed by atoms with Crippen molar-refractivity contribution in [1.82, 2.24) is 0 Å². The second-order valence-electron chi connectivity index (χ2n) is 5.75. The van der Waals surface area contributed by atoms with Gasteiger partial charge < -0.3 is 9.84 Å². The summed E-state index contributed by atoms with van der Waals surface area (Å²) in [5, 5.41) is 8.59. The van der Waals surface area contributed by atoms with Gasteiger partial charge in [0.05, 0.1) is 5.92 Å². The third-order valence-corrected chi connectivity index (χ3v) is 4.44. The molecule has 0 aromatic heterocycles. The molecule has 120 valence electrons. The SMILES string of the molecule is CC1(C)C(C=C(Cl)C(F)(F)Oc2ccc(Cl)cc2)C1C(=O)O. The summed E-state index contributed by atoms with van der Waals surface area (Å²) in [6.45, 7) is 3.38. The van der Waals surface area contributed by atoms with Crippen LogP contribution in [0.2, 0.25) is 5.02 Å². The van der Waals surface area contributed by atoms with Crippen LogP contribution in [-0.4, -0.2) is 17.2 Å². The first-order valence-corrected chi connectivity index (χ1v) is 7.24. The fourth-order valence-corrected chi connectivity index (χ4v) is 2.71. The fourth-order valence-electron chi connectivity index (χ4n) is 2.41. The van der Waals surface area contributed by atoms with Gasteiger partial charge in [0.25, 0.3) is 0 Å². The van der Waals surface area contributed by atoms with Gasteiger partial charge >= 0.3 is 12.1 Å². The van der Waals surface area contributed by atoms with Gasteiger partial charge in [0.15, 0.2) is 0 Å². The summed E-state index contributed by atoms with van der Waals surface area (Å²) in [6, 6.07) is 5.41. The molecule has 1 aromatic carbocycles. The lowest BCUT2D eigenvalue weighted by Gasteiger charge is -2.17. The molecule has 1 N–H and O–H groups in total. The summed E-state index contributed by atoms with van der Waals surface area (Å²) in [6.07, 6.45) is -2.67. The number of alkyl halides is 2. The van der Waals surface area contributed by atoms with Gasteiger partial charge in [-0.2, -0.15) is 8.78 Å². The Bertz CT molecular complexity index is 612. The maximum Gasteiger partial charge on any atom is 0.437 e. The lowest BCUT2D eigenvalue weighted by Crippen LogP contribution is -2.25. The van der Waals surface area contributed by atoms with E-state index in [1.54, 1.807) is 13.8 Å². The average Bonchev–Trinajstić information content (AvgIpc) is 2.93. The summed E-state index contributed by atoms with van der Waals surface area (Å²) in [5.41, 5.74) is -0.609. The van der Waals surface area contributed by atoms with Crippen molar-refractivity contribution in [2.45, 2.75) is 20.0 Å². The van der Waals surface area contributed by atoms with Crippen LogP contribution in [0.25, 0.3) is 0 Å². The van der Waals surface area contributed by atoms with Gasteiger partial charge in [-0.25, -0.2) is 0 Å². The van der Waals surface area contributed by atoms with Crippen LogP contribution in [0.5, 0.6) is 5.75 Å². The highest BCUT2D eigenvalue weighted by Gasteiger charge is 2.61. The van der Waals surface area contributed by atoms with Gasteiger partial charge in [0.2, 0.25) is 0 Å². The molecule has 22 heavy (non-hydrogen) atoms. The fraction of sp³-hybridized carbons (Fsp3) is 0.400. The van der Waals surface area contributed by atoms with Crippen molar-refractivity contribution in [3.63, 3.8) is 0 Å². The quantitative estimate of drug-likeness (QED) is 0.830. The Morgan fingerprint density at radius 3 is 2.36 bits per heavy atom. The van der Waals surface area contributed by atoms with Crippen molar-refractivity contribution < 1.29 is 23.4 Å². The van der Waals surface area contributed by atoms with E-state index in [0.717, 1.165) is 6.08 Å². The molecule has 1 aliphatic carbocycles. The van der Waals surface area contributed by atoms with Crippen molar-refractivity contribution in [3.05, 3.63) is 40.4 Å². The van der Waals surface area contributed by atoms with E-state index in [1.165, 1.54) is 24.3 Å². The van der Waals surface area contributed by atoms with Crippen molar-refractivity contribution in [3.8, 4) is 5.75 Å². The lowest BCUT2D eigenvalue weighted by atomic mass is 10.1.